The summed E-state index contributed by atoms with van der Waals surface area (Å²) in [5.74, 6) is 0.837. The number of methoxy groups -OCH3 is 1. The third kappa shape index (κ3) is 6.12. The van der Waals surface area contributed by atoms with Gasteiger partial charge in [-0.25, -0.2) is 9.78 Å². The Hall–Kier alpha value is -3.76. The third-order valence-corrected chi connectivity index (χ3v) is 11.9. The van der Waals surface area contributed by atoms with Crippen LogP contribution in [0.15, 0.2) is 66.9 Å². The lowest BCUT2D eigenvalue weighted by Crippen LogP contribution is -2.67. The number of unbranched alkanes of at least 4 members (excludes halogenated alkanes) is 1. The first-order chi connectivity index (χ1) is 18.8. The molecule has 0 fully saturated rings. The summed E-state index contributed by atoms with van der Waals surface area (Å²) in [6.07, 6.45) is 2.99. The number of rotatable bonds is 11. The fourth-order valence-corrected chi connectivity index (χ4v) is 9.55. The molecule has 0 aliphatic rings. The summed E-state index contributed by atoms with van der Waals surface area (Å²) in [6.45, 7) is 10.9. The lowest BCUT2D eigenvalue weighted by molar-refractivity contribution is 0.186. The average Bonchev–Trinajstić information content (AvgIpc) is 3.41. The van der Waals surface area contributed by atoms with Crippen molar-refractivity contribution in [3.8, 4) is 0 Å². The fourth-order valence-electron chi connectivity index (χ4n) is 4.99. The molecule has 9 nitrogen and oxygen atoms in total. The molecule has 2 aromatic carbocycles. The van der Waals surface area contributed by atoms with Crippen molar-refractivity contribution in [3.05, 3.63) is 66.9 Å². The maximum absolute atomic E-state index is 11.9. The molecule has 0 radical (unpaired) electrons. The first-order valence-electron chi connectivity index (χ1n) is 13.4. The molecule has 0 unspecified atom stereocenters. The molecule has 0 aliphatic carbocycles. The van der Waals surface area contributed by atoms with E-state index in [1.54, 1.807) is 6.20 Å². The number of anilines is 2. The molecule has 0 bridgehead atoms. The molecule has 4 aromatic rings. The lowest BCUT2D eigenvalue weighted by atomic mass is 10.2. The molecule has 10 heteroatoms. The highest BCUT2D eigenvalue weighted by Crippen LogP contribution is 2.36. The van der Waals surface area contributed by atoms with Gasteiger partial charge in [0.05, 0.1) is 19.9 Å². The second-order valence-corrected chi connectivity index (χ2v) is 14.8. The third-order valence-electron chi connectivity index (χ3n) is 6.86. The van der Waals surface area contributed by atoms with E-state index < -0.39 is 14.4 Å². The van der Waals surface area contributed by atoms with Gasteiger partial charge in [-0.2, -0.15) is 10.1 Å². The Morgan fingerprint density at radius 2 is 1.64 bits per heavy atom. The maximum atomic E-state index is 11.9. The van der Waals surface area contributed by atoms with Gasteiger partial charge < -0.3 is 14.1 Å². The fraction of sp³-hybridized carbons (Fsp3) is 0.379. The average molecular weight is 547 g/mol. The number of aromatic nitrogens is 4. The normalized spacial score (nSPS) is 11.9. The summed E-state index contributed by atoms with van der Waals surface area (Å²) in [5.41, 5.74) is 1.33. The number of carbonyl (C=O) groups excluding carboxylic acids is 1. The number of ether oxygens (including phenoxy) is 1. The Balaban J connectivity index is 1.70. The van der Waals surface area contributed by atoms with E-state index in [0.29, 0.717) is 30.0 Å². The molecule has 4 rings (SSSR count). The van der Waals surface area contributed by atoms with Gasteiger partial charge >= 0.3 is 6.09 Å². The van der Waals surface area contributed by atoms with Gasteiger partial charge in [-0.3, -0.25) is 10.4 Å². The molecule has 206 valence electrons. The zero-order valence-electron chi connectivity index (χ0n) is 23.4. The molecule has 2 heterocycles. The molecule has 2 N–H and O–H groups in total. The summed E-state index contributed by atoms with van der Waals surface area (Å²) < 4.78 is 11.9. The number of hydrogen-bond donors (Lipinski definition) is 2. The molecule has 0 aliphatic heterocycles. The Morgan fingerprint density at radius 1 is 1.00 bits per heavy atom. The van der Waals surface area contributed by atoms with Crippen molar-refractivity contribution in [3.63, 3.8) is 0 Å². The number of fused-ring (bicyclic) bond motifs is 1. The van der Waals surface area contributed by atoms with Gasteiger partial charge in [-0.15, -0.1) is 0 Å². The molecule has 0 saturated heterocycles. The Bertz CT molecular complexity index is 1320. The van der Waals surface area contributed by atoms with Gasteiger partial charge in [0.25, 0.3) is 8.32 Å². The van der Waals surface area contributed by atoms with Crippen LogP contribution in [0, 0.1) is 0 Å². The van der Waals surface area contributed by atoms with Crippen molar-refractivity contribution in [2.24, 2.45) is 0 Å². The molecule has 1 amide bonds. The Kier molecular flexibility index (Phi) is 8.98. The molecule has 39 heavy (non-hydrogen) atoms. The predicted molar refractivity (Wildman–Crippen MR) is 158 cm³/mol. The Morgan fingerprint density at radius 3 is 2.21 bits per heavy atom. The largest absolute Gasteiger partial charge is 0.453 e. The number of nitrogens with zero attached hydrogens (tertiary/aromatic N) is 4. The predicted octanol–water partition coefficient (Wildman–Crippen LogP) is 4.71. The smallest absolute Gasteiger partial charge is 0.413 e. The van der Waals surface area contributed by atoms with Crippen LogP contribution in [-0.4, -0.2) is 61.4 Å². The van der Waals surface area contributed by atoms with E-state index in [2.05, 4.69) is 107 Å². The molecule has 0 spiro atoms. The van der Waals surface area contributed by atoms with Crippen LogP contribution in [0.2, 0.25) is 5.04 Å². The molecule has 2 aromatic heterocycles. The summed E-state index contributed by atoms with van der Waals surface area (Å²) in [5, 5.41) is 12.2. The van der Waals surface area contributed by atoms with Crippen LogP contribution >= 0.6 is 0 Å². The Labute approximate surface area is 231 Å². The number of nitrogens with one attached hydrogen (secondary N) is 2. The van der Waals surface area contributed by atoms with Gasteiger partial charge in [-0.1, -0.05) is 94.8 Å². The minimum Gasteiger partial charge on any atom is -0.453 e. The van der Waals surface area contributed by atoms with Crippen LogP contribution in [0.3, 0.4) is 0 Å². The van der Waals surface area contributed by atoms with E-state index in [0.717, 1.165) is 19.4 Å². The molecule has 0 atom stereocenters. The van der Waals surface area contributed by atoms with Crippen LogP contribution in [0.25, 0.3) is 11.0 Å². The SMILES string of the molecule is CCCCN(CCO[Si](c1ccccc1)(c1ccccc1)C(C)(C)C)c1nc(NC(=O)OC)nc2cn[nH]c12. The van der Waals surface area contributed by atoms with Crippen LogP contribution < -0.4 is 20.6 Å². The van der Waals surface area contributed by atoms with Crippen LogP contribution in [0.5, 0.6) is 0 Å². The summed E-state index contributed by atoms with van der Waals surface area (Å²) in [4.78, 5) is 23.2. The first kappa shape index (κ1) is 28.3. The molecular formula is C29H38N6O3Si. The van der Waals surface area contributed by atoms with E-state index in [1.165, 1.54) is 17.5 Å². The minimum atomic E-state index is -2.68. The highest BCUT2D eigenvalue weighted by atomic mass is 28.4. The summed E-state index contributed by atoms with van der Waals surface area (Å²) in [7, 11) is -1.37. The lowest BCUT2D eigenvalue weighted by Gasteiger charge is -2.43. The van der Waals surface area contributed by atoms with Crippen molar-refractivity contribution in [1.29, 1.82) is 0 Å². The summed E-state index contributed by atoms with van der Waals surface area (Å²) >= 11 is 0. The molecule has 0 saturated carbocycles. The highest BCUT2D eigenvalue weighted by Gasteiger charge is 2.50. The summed E-state index contributed by atoms with van der Waals surface area (Å²) in [6, 6.07) is 21.3. The van der Waals surface area contributed by atoms with Gasteiger partial charge in [0.15, 0.2) is 5.82 Å². The number of aromatic amines is 1. The number of H-pyrrole nitrogens is 1. The van der Waals surface area contributed by atoms with Crippen LogP contribution in [0.4, 0.5) is 16.6 Å². The van der Waals surface area contributed by atoms with Gasteiger partial charge in [-0.05, 0) is 21.8 Å². The molecular weight excluding hydrogens is 508 g/mol. The van der Waals surface area contributed by atoms with Gasteiger partial charge in [0.2, 0.25) is 5.95 Å². The van der Waals surface area contributed by atoms with Crippen LogP contribution in [-0.2, 0) is 9.16 Å². The van der Waals surface area contributed by atoms with Crippen molar-refractivity contribution in [1.82, 2.24) is 20.2 Å². The topological polar surface area (TPSA) is 105 Å². The first-order valence-corrected chi connectivity index (χ1v) is 15.3. The maximum Gasteiger partial charge on any atom is 0.413 e. The van der Waals surface area contributed by atoms with Crippen molar-refractivity contribution in [2.45, 2.75) is 45.6 Å². The number of hydrogen-bond acceptors (Lipinski definition) is 7. The number of benzene rings is 2. The zero-order chi connectivity index (χ0) is 27.9. The van der Waals surface area contributed by atoms with E-state index in [-0.39, 0.29) is 11.0 Å². The number of carbonyl (C=O) groups is 1. The van der Waals surface area contributed by atoms with Crippen molar-refractivity contribution < 1.29 is 14.0 Å². The van der Waals surface area contributed by atoms with Gasteiger partial charge in [0, 0.05) is 13.1 Å². The quantitative estimate of drug-likeness (QED) is 0.262. The van der Waals surface area contributed by atoms with Crippen molar-refractivity contribution in [2.75, 3.05) is 37.0 Å². The highest BCUT2D eigenvalue weighted by molar-refractivity contribution is 6.99. The van der Waals surface area contributed by atoms with E-state index in [1.807, 2.05) is 12.1 Å². The van der Waals surface area contributed by atoms with E-state index >= 15 is 0 Å². The van der Waals surface area contributed by atoms with Crippen LogP contribution in [0.1, 0.15) is 40.5 Å². The van der Waals surface area contributed by atoms with Crippen molar-refractivity contribution >= 4 is 47.6 Å². The standard InChI is InChI=1S/C29H38N6O3Si/c1-6-7-18-35(26-25-24(21-30-34-25)31-27(32-26)33-28(36)37-5)19-20-38-39(29(2,3)4,22-14-10-8-11-15-22)23-16-12-9-13-17-23/h8-17,21H,6-7,18-20H2,1-5H3,(H,30,34)(H,31,32,33,36). The zero-order valence-corrected chi connectivity index (χ0v) is 24.4. The number of amides is 1. The second-order valence-electron chi connectivity index (χ2n) is 10.5. The second kappa shape index (κ2) is 12.4. The van der Waals surface area contributed by atoms with Gasteiger partial charge in [0.1, 0.15) is 11.0 Å². The monoisotopic (exact) mass is 546 g/mol. The minimum absolute atomic E-state index is 0.118. The van der Waals surface area contributed by atoms with E-state index in [9.17, 15) is 4.79 Å². The van der Waals surface area contributed by atoms with E-state index in [4.69, 9.17) is 9.16 Å².